The smallest absolute Gasteiger partial charge is 0.137 e. The number of hydrogen-bond donors (Lipinski definition) is 1. The van der Waals surface area contributed by atoms with Gasteiger partial charge in [0.1, 0.15) is 12.7 Å². The molecule has 0 radical (unpaired) electrons. The van der Waals surface area contributed by atoms with Crippen molar-refractivity contribution in [3.8, 4) is 0 Å². The Bertz CT molecular complexity index is 489. The molecule has 7 heteroatoms. The largest absolute Gasteiger partial charge is 0.382 e. The van der Waals surface area contributed by atoms with Crippen molar-refractivity contribution in [3.05, 3.63) is 36.9 Å². The van der Waals surface area contributed by atoms with Gasteiger partial charge in [-0.3, -0.25) is 4.68 Å². The molecular weight excluding hydrogens is 285 g/mol. The topological polar surface area (TPSA) is 46.0 Å². The van der Waals surface area contributed by atoms with Gasteiger partial charge in [0.2, 0.25) is 0 Å². The van der Waals surface area contributed by atoms with Crippen molar-refractivity contribution in [2.24, 2.45) is 0 Å². The Kier molecular flexibility index (Phi) is 5.92. The molecule has 104 valence electrons. The molecule has 3 rings (SSSR count). The molecule has 1 aromatic heterocycles. The Morgan fingerprint density at radius 2 is 2.00 bits per heavy atom. The molecule has 0 aliphatic carbocycles. The fraction of sp³-hybridized carbons (Fsp3) is 0.333. The normalized spacial score (nSPS) is 12.7. The second-order valence-electron chi connectivity index (χ2n) is 4.09. The summed E-state index contributed by atoms with van der Waals surface area (Å²) in [7, 11) is 0. The van der Waals surface area contributed by atoms with E-state index in [2.05, 4.69) is 44.6 Å². The van der Waals surface area contributed by atoms with Crippen molar-refractivity contribution < 1.29 is 0 Å². The molecule has 1 aliphatic heterocycles. The van der Waals surface area contributed by atoms with Crippen LogP contribution in [0.1, 0.15) is 0 Å². The Labute approximate surface area is 124 Å². The Morgan fingerprint density at radius 3 is 2.79 bits per heavy atom. The van der Waals surface area contributed by atoms with Crippen LogP contribution in [0.3, 0.4) is 0 Å². The summed E-state index contributed by atoms with van der Waals surface area (Å²) in [4.78, 5) is 6.33. The summed E-state index contributed by atoms with van der Waals surface area (Å²) in [5.41, 5.74) is 2.50. The van der Waals surface area contributed by atoms with Crippen LogP contribution in [0.5, 0.6) is 0 Å². The average Bonchev–Trinajstić information content (AvgIpc) is 2.89. The van der Waals surface area contributed by atoms with E-state index in [1.165, 1.54) is 11.4 Å². The van der Waals surface area contributed by atoms with E-state index in [0.29, 0.717) is 0 Å². The predicted molar refractivity (Wildman–Crippen MR) is 81.7 cm³/mol. The number of fused-ring (bicyclic) bond motifs is 1. The second kappa shape index (κ2) is 7.21. The minimum atomic E-state index is 0. The maximum absolute atomic E-state index is 4.12. The van der Waals surface area contributed by atoms with Crippen molar-refractivity contribution in [1.82, 2.24) is 14.8 Å². The van der Waals surface area contributed by atoms with Gasteiger partial charge >= 0.3 is 0 Å². The molecule has 2 aromatic rings. The molecule has 1 aromatic carbocycles. The summed E-state index contributed by atoms with van der Waals surface area (Å²) in [6.45, 7) is 3.86. The zero-order valence-electron chi connectivity index (χ0n) is 10.4. The van der Waals surface area contributed by atoms with Crippen molar-refractivity contribution >= 4 is 36.2 Å². The van der Waals surface area contributed by atoms with Crippen molar-refractivity contribution in [3.63, 3.8) is 0 Å². The highest BCUT2D eigenvalue weighted by Crippen LogP contribution is 2.27. The highest BCUT2D eigenvalue weighted by atomic mass is 35.5. The number of hydrogen-bond acceptors (Lipinski definition) is 4. The van der Waals surface area contributed by atoms with Gasteiger partial charge in [-0.2, -0.15) is 5.10 Å². The van der Waals surface area contributed by atoms with Gasteiger partial charge < -0.3 is 10.2 Å². The molecule has 0 amide bonds. The van der Waals surface area contributed by atoms with Crippen LogP contribution in [0.2, 0.25) is 0 Å². The van der Waals surface area contributed by atoms with Crippen LogP contribution in [0.15, 0.2) is 36.9 Å². The first-order valence-corrected chi connectivity index (χ1v) is 5.84. The molecular formula is C12H17Cl2N5. The third kappa shape index (κ3) is 3.52. The van der Waals surface area contributed by atoms with Gasteiger partial charge in [-0.05, 0) is 12.1 Å². The first-order valence-electron chi connectivity index (χ1n) is 5.84. The molecule has 0 saturated carbocycles. The lowest BCUT2D eigenvalue weighted by molar-refractivity contribution is 0.594. The van der Waals surface area contributed by atoms with Crippen LogP contribution in [-0.4, -0.2) is 34.4 Å². The number of para-hydroxylation sites is 2. The first kappa shape index (κ1) is 15.6. The minimum Gasteiger partial charge on any atom is -0.382 e. The second-order valence-corrected chi connectivity index (χ2v) is 4.09. The maximum Gasteiger partial charge on any atom is 0.137 e. The standard InChI is InChI=1S/C12H15N5.2ClH/c1-2-4-12-11(3-1)14-5-6-16(12)7-8-17-10-13-9-15-17;;/h1-4,9-10,14H,5-8H2;2*1H. The summed E-state index contributed by atoms with van der Waals surface area (Å²) >= 11 is 0. The minimum absolute atomic E-state index is 0. The molecule has 0 unspecified atom stereocenters. The van der Waals surface area contributed by atoms with Crippen LogP contribution >= 0.6 is 24.8 Å². The Hall–Kier alpha value is -1.46. The van der Waals surface area contributed by atoms with Crippen LogP contribution in [0, 0.1) is 0 Å². The summed E-state index contributed by atoms with van der Waals surface area (Å²) in [5.74, 6) is 0. The van der Waals surface area contributed by atoms with E-state index in [1.807, 2.05) is 4.68 Å². The Morgan fingerprint density at radius 1 is 1.16 bits per heavy atom. The molecule has 2 heterocycles. The quantitative estimate of drug-likeness (QED) is 0.942. The monoisotopic (exact) mass is 301 g/mol. The molecule has 0 spiro atoms. The zero-order chi connectivity index (χ0) is 11.5. The fourth-order valence-corrected chi connectivity index (χ4v) is 2.15. The van der Waals surface area contributed by atoms with Crippen LogP contribution in [0.4, 0.5) is 11.4 Å². The van der Waals surface area contributed by atoms with E-state index in [4.69, 9.17) is 0 Å². The summed E-state index contributed by atoms with van der Waals surface area (Å²) in [5, 5.41) is 7.53. The van der Waals surface area contributed by atoms with Gasteiger partial charge in [0.15, 0.2) is 0 Å². The van der Waals surface area contributed by atoms with E-state index < -0.39 is 0 Å². The lowest BCUT2D eigenvalue weighted by Gasteiger charge is -2.31. The van der Waals surface area contributed by atoms with E-state index in [-0.39, 0.29) is 24.8 Å². The number of aromatic nitrogens is 3. The van der Waals surface area contributed by atoms with Crippen molar-refractivity contribution in [2.45, 2.75) is 6.54 Å². The summed E-state index contributed by atoms with van der Waals surface area (Å²) < 4.78 is 1.87. The summed E-state index contributed by atoms with van der Waals surface area (Å²) in [6.07, 6.45) is 3.33. The Balaban J connectivity index is 0.000000902. The number of benzene rings is 1. The number of nitrogens with zero attached hydrogens (tertiary/aromatic N) is 4. The van der Waals surface area contributed by atoms with Gasteiger partial charge in [-0.25, -0.2) is 4.98 Å². The third-order valence-electron chi connectivity index (χ3n) is 3.01. The number of nitrogens with one attached hydrogen (secondary N) is 1. The van der Waals surface area contributed by atoms with E-state index in [1.54, 1.807) is 12.7 Å². The molecule has 0 atom stereocenters. The zero-order valence-corrected chi connectivity index (χ0v) is 12.0. The van der Waals surface area contributed by atoms with Gasteiger partial charge in [0, 0.05) is 19.6 Å². The number of rotatable bonds is 3. The lowest BCUT2D eigenvalue weighted by atomic mass is 10.2. The number of halogens is 2. The first-order chi connectivity index (χ1) is 8.43. The fourth-order valence-electron chi connectivity index (χ4n) is 2.15. The molecule has 19 heavy (non-hydrogen) atoms. The van der Waals surface area contributed by atoms with Crippen molar-refractivity contribution in [1.29, 1.82) is 0 Å². The van der Waals surface area contributed by atoms with Crippen LogP contribution < -0.4 is 10.2 Å². The molecule has 0 fully saturated rings. The van der Waals surface area contributed by atoms with Gasteiger partial charge in [-0.15, -0.1) is 24.8 Å². The molecule has 5 nitrogen and oxygen atoms in total. The van der Waals surface area contributed by atoms with E-state index in [0.717, 1.165) is 26.2 Å². The van der Waals surface area contributed by atoms with Crippen molar-refractivity contribution in [2.75, 3.05) is 29.9 Å². The predicted octanol–water partition coefficient (Wildman–Crippen LogP) is 2.05. The highest BCUT2D eigenvalue weighted by Gasteiger charge is 2.15. The lowest BCUT2D eigenvalue weighted by Crippen LogP contribution is -2.36. The van der Waals surface area contributed by atoms with Gasteiger partial charge in [0.25, 0.3) is 0 Å². The van der Waals surface area contributed by atoms with Gasteiger partial charge in [-0.1, -0.05) is 12.1 Å². The molecule has 1 N–H and O–H groups in total. The van der Waals surface area contributed by atoms with E-state index in [9.17, 15) is 0 Å². The SMILES string of the molecule is Cl.Cl.c1ccc2c(c1)NCCN2CCn1cncn1. The van der Waals surface area contributed by atoms with E-state index >= 15 is 0 Å². The maximum atomic E-state index is 4.12. The van der Waals surface area contributed by atoms with Gasteiger partial charge in [0.05, 0.1) is 17.9 Å². The van der Waals surface area contributed by atoms with Crippen LogP contribution in [-0.2, 0) is 6.54 Å². The molecule has 0 saturated heterocycles. The third-order valence-corrected chi connectivity index (χ3v) is 3.01. The summed E-state index contributed by atoms with van der Waals surface area (Å²) in [6, 6.07) is 8.42. The number of anilines is 2. The average molecular weight is 302 g/mol. The molecule has 1 aliphatic rings. The highest BCUT2D eigenvalue weighted by molar-refractivity contribution is 5.85. The molecule has 0 bridgehead atoms. The van der Waals surface area contributed by atoms with Crippen LogP contribution in [0.25, 0.3) is 0 Å².